The summed E-state index contributed by atoms with van der Waals surface area (Å²) < 4.78 is 33.5. The topological polar surface area (TPSA) is 210 Å². The number of allylic oxidation sites excluding steroid dienone is 8. The zero-order valence-electron chi connectivity index (χ0n) is 36.0. The van der Waals surface area contributed by atoms with E-state index in [9.17, 15) is 44.6 Å². The Hall–Kier alpha value is -2.19. The number of phosphoric acid groups is 1. The standard InChI is InChI=1S/C45H79O13P/c1-3-5-7-9-11-13-15-17-19-21-23-25-27-29-31-33-38(46)55-35-37(36-56-59(53,54)58-45-43(51)41(49)40(48)42(50)44(45)52)57-39(47)34-32-30-28-26-24-22-20-18-16-14-12-10-8-6-4-2/h6,8-9,11-12,14,18,20,37,40-45,48-52H,3-5,7,10,13,15-17,19,21-36H2,1-2H3,(H,53,54)/b8-6+,11-9+,14-12+,20-18+/t37-,40?,41-,42?,43?,44?,45?/m1/s1. The molecule has 0 radical (unpaired) electrons. The normalized spacial score (nSPS) is 22.8. The molecule has 0 aromatic heterocycles. The molecule has 8 atom stereocenters. The van der Waals surface area contributed by atoms with Crippen LogP contribution in [0.1, 0.15) is 168 Å². The number of ether oxygens (including phenoxy) is 2. The van der Waals surface area contributed by atoms with Crippen molar-refractivity contribution in [3.8, 4) is 0 Å². The second-order valence-corrected chi connectivity index (χ2v) is 16.9. The van der Waals surface area contributed by atoms with E-state index in [1.165, 1.54) is 44.9 Å². The van der Waals surface area contributed by atoms with E-state index >= 15 is 0 Å². The van der Waals surface area contributed by atoms with Crippen LogP contribution in [0.4, 0.5) is 0 Å². The predicted molar refractivity (Wildman–Crippen MR) is 230 cm³/mol. The number of hydrogen-bond acceptors (Lipinski definition) is 12. The summed E-state index contributed by atoms with van der Waals surface area (Å²) in [4.78, 5) is 35.7. The third kappa shape index (κ3) is 28.1. The first kappa shape index (κ1) is 54.8. The first-order valence-electron chi connectivity index (χ1n) is 22.4. The maximum absolute atomic E-state index is 12.8. The number of unbranched alkanes of at least 4 members (excludes halogenated alkanes) is 16. The van der Waals surface area contributed by atoms with Crippen LogP contribution in [0, 0.1) is 0 Å². The van der Waals surface area contributed by atoms with Crippen LogP contribution in [0.15, 0.2) is 48.6 Å². The van der Waals surface area contributed by atoms with E-state index in [0.29, 0.717) is 12.8 Å². The molecule has 0 amide bonds. The summed E-state index contributed by atoms with van der Waals surface area (Å²) in [6.45, 7) is 3.13. The Balaban J connectivity index is 2.48. The quantitative estimate of drug-likeness (QED) is 0.0152. The first-order chi connectivity index (χ1) is 28.4. The number of carbonyl (C=O) groups excluding carboxylic acids is 2. The fourth-order valence-corrected chi connectivity index (χ4v) is 7.49. The molecule has 1 aliphatic rings. The van der Waals surface area contributed by atoms with E-state index in [2.05, 4.69) is 62.5 Å². The number of rotatable bonds is 36. The summed E-state index contributed by atoms with van der Waals surface area (Å²) in [6.07, 6.45) is 27.4. The molecule has 1 aliphatic carbocycles. The lowest BCUT2D eigenvalue weighted by molar-refractivity contribution is -0.220. The number of phosphoric ester groups is 1. The zero-order chi connectivity index (χ0) is 43.6. The van der Waals surface area contributed by atoms with Gasteiger partial charge in [-0.1, -0.05) is 140 Å². The molecular weight excluding hydrogens is 779 g/mol. The highest BCUT2D eigenvalue weighted by atomic mass is 31.2. The van der Waals surface area contributed by atoms with Gasteiger partial charge >= 0.3 is 19.8 Å². The number of aliphatic hydroxyl groups is 5. The Morgan fingerprint density at radius 2 is 0.966 bits per heavy atom. The zero-order valence-corrected chi connectivity index (χ0v) is 36.9. The molecule has 0 bridgehead atoms. The fraction of sp³-hybridized carbons (Fsp3) is 0.778. The molecule has 14 heteroatoms. The Morgan fingerprint density at radius 1 is 0.542 bits per heavy atom. The minimum atomic E-state index is -5.12. The maximum atomic E-state index is 12.8. The summed E-state index contributed by atoms with van der Waals surface area (Å²) in [5.74, 6) is -1.12. The Kier molecular flexibility index (Phi) is 32.9. The molecular formula is C45H79O13P. The van der Waals surface area contributed by atoms with E-state index in [1.807, 2.05) is 0 Å². The number of hydrogen-bond donors (Lipinski definition) is 6. The fourth-order valence-electron chi connectivity index (χ4n) is 6.52. The molecule has 1 rings (SSSR count). The van der Waals surface area contributed by atoms with E-state index in [1.54, 1.807) is 0 Å². The molecule has 0 spiro atoms. The minimum absolute atomic E-state index is 0.0758. The van der Waals surface area contributed by atoms with E-state index in [4.69, 9.17) is 18.5 Å². The summed E-state index contributed by atoms with van der Waals surface area (Å²) in [5.41, 5.74) is 0. The number of aliphatic hydroxyl groups excluding tert-OH is 5. The molecule has 0 aromatic carbocycles. The van der Waals surface area contributed by atoms with Crippen molar-refractivity contribution in [2.45, 2.75) is 211 Å². The van der Waals surface area contributed by atoms with E-state index < -0.39 is 75.7 Å². The highest BCUT2D eigenvalue weighted by Crippen LogP contribution is 2.47. The second kappa shape index (κ2) is 35.4. The van der Waals surface area contributed by atoms with Crippen molar-refractivity contribution in [1.82, 2.24) is 0 Å². The summed E-state index contributed by atoms with van der Waals surface area (Å²) in [5, 5.41) is 50.1. The molecule has 0 aliphatic heterocycles. The summed E-state index contributed by atoms with van der Waals surface area (Å²) in [7, 11) is -5.12. The van der Waals surface area contributed by atoms with Crippen LogP contribution in [-0.4, -0.2) is 98.3 Å². The van der Waals surface area contributed by atoms with Crippen molar-refractivity contribution in [3.63, 3.8) is 0 Å². The Bertz CT molecular complexity index is 1220. The lowest BCUT2D eigenvalue weighted by atomic mass is 9.85. The van der Waals surface area contributed by atoms with Crippen molar-refractivity contribution in [1.29, 1.82) is 0 Å². The van der Waals surface area contributed by atoms with Gasteiger partial charge < -0.3 is 39.9 Å². The first-order valence-corrected chi connectivity index (χ1v) is 23.9. The van der Waals surface area contributed by atoms with Gasteiger partial charge in [-0.3, -0.25) is 18.6 Å². The third-order valence-corrected chi connectivity index (χ3v) is 11.1. The maximum Gasteiger partial charge on any atom is 0.472 e. The molecule has 13 nitrogen and oxygen atoms in total. The van der Waals surface area contributed by atoms with Gasteiger partial charge in [-0.25, -0.2) is 4.57 Å². The van der Waals surface area contributed by atoms with Crippen LogP contribution in [0.2, 0.25) is 0 Å². The molecule has 1 saturated carbocycles. The van der Waals surface area contributed by atoms with Crippen molar-refractivity contribution in [2.75, 3.05) is 13.2 Å². The second-order valence-electron chi connectivity index (χ2n) is 15.5. The molecule has 6 N–H and O–H groups in total. The average molecular weight is 859 g/mol. The molecule has 6 unspecified atom stereocenters. The largest absolute Gasteiger partial charge is 0.472 e. The molecule has 0 saturated heterocycles. The predicted octanol–water partition coefficient (Wildman–Crippen LogP) is 8.39. The van der Waals surface area contributed by atoms with Crippen LogP contribution in [0.3, 0.4) is 0 Å². The Morgan fingerprint density at radius 3 is 1.49 bits per heavy atom. The molecule has 1 fully saturated rings. The summed E-state index contributed by atoms with van der Waals surface area (Å²) in [6, 6.07) is 0. The SMILES string of the molecule is CC/C=C/C/C=C/C/C=C/CCCCCCCC(=O)O[C@H](COC(=O)CCCCCCCCCCC/C=C/CCCC)COP(=O)(O)OC1C(O)C(O)C(O)[C@@H](O)C1O. The average Bonchev–Trinajstić information content (AvgIpc) is 3.21. The number of carbonyl (C=O) groups is 2. The third-order valence-electron chi connectivity index (χ3n) is 10.2. The highest BCUT2D eigenvalue weighted by Gasteiger charge is 2.51. The lowest BCUT2D eigenvalue weighted by Crippen LogP contribution is -2.64. The van der Waals surface area contributed by atoms with Crippen LogP contribution < -0.4 is 0 Å². The van der Waals surface area contributed by atoms with Crippen LogP contribution >= 0.6 is 7.82 Å². The van der Waals surface area contributed by atoms with E-state index in [0.717, 1.165) is 83.5 Å². The highest BCUT2D eigenvalue weighted by molar-refractivity contribution is 7.47. The van der Waals surface area contributed by atoms with Gasteiger partial charge in [0.25, 0.3) is 0 Å². The van der Waals surface area contributed by atoms with Crippen LogP contribution in [0.5, 0.6) is 0 Å². The smallest absolute Gasteiger partial charge is 0.462 e. The number of esters is 2. The summed E-state index contributed by atoms with van der Waals surface area (Å²) >= 11 is 0. The molecule has 0 aromatic rings. The van der Waals surface area contributed by atoms with Crippen LogP contribution in [-0.2, 0) is 32.7 Å². The van der Waals surface area contributed by atoms with Gasteiger partial charge in [0.2, 0.25) is 0 Å². The van der Waals surface area contributed by atoms with Gasteiger partial charge in [-0.15, -0.1) is 0 Å². The van der Waals surface area contributed by atoms with Crippen LogP contribution in [0.25, 0.3) is 0 Å². The molecule has 342 valence electrons. The van der Waals surface area contributed by atoms with Gasteiger partial charge in [0, 0.05) is 12.8 Å². The van der Waals surface area contributed by atoms with Gasteiger partial charge in [-0.2, -0.15) is 0 Å². The Labute approximate surface area is 354 Å². The minimum Gasteiger partial charge on any atom is -0.462 e. The monoisotopic (exact) mass is 859 g/mol. The van der Waals surface area contributed by atoms with Crippen molar-refractivity contribution in [3.05, 3.63) is 48.6 Å². The van der Waals surface area contributed by atoms with Crippen molar-refractivity contribution < 1.29 is 63.1 Å². The van der Waals surface area contributed by atoms with Gasteiger partial charge in [-0.05, 0) is 64.2 Å². The van der Waals surface area contributed by atoms with Crippen molar-refractivity contribution in [2.24, 2.45) is 0 Å². The molecule has 0 heterocycles. The molecule has 59 heavy (non-hydrogen) atoms. The van der Waals surface area contributed by atoms with Gasteiger partial charge in [0.05, 0.1) is 6.61 Å². The van der Waals surface area contributed by atoms with Gasteiger partial charge in [0.15, 0.2) is 6.10 Å². The lowest BCUT2D eigenvalue weighted by Gasteiger charge is -2.41. The van der Waals surface area contributed by atoms with Crippen molar-refractivity contribution >= 4 is 19.8 Å². The van der Waals surface area contributed by atoms with E-state index in [-0.39, 0.29) is 12.8 Å². The van der Waals surface area contributed by atoms with Gasteiger partial charge in [0.1, 0.15) is 43.2 Å².